The van der Waals surface area contributed by atoms with E-state index in [0.717, 1.165) is 51.4 Å². The zero-order valence-electron chi connectivity index (χ0n) is 28.1. The molecule has 2 atom stereocenters. The van der Waals surface area contributed by atoms with Gasteiger partial charge in [0.15, 0.2) is 6.10 Å². The van der Waals surface area contributed by atoms with Crippen LogP contribution >= 0.6 is 7.82 Å². The number of phosphoric acid groups is 1. The molecule has 0 fully saturated rings. The predicted octanol–water partition coefficient (Wildman–Crippen LogP) is 7.38. The van der Waals surface area contributed by atoms with Gasteiger partial charge in [-0.05, 0) is 38.5 Å². The molecule has 0 rings (SSSR count). The molecule has 0 saturated carbocycles. The number of ether oxygens (including phenoxy) is 2. The molecule has 254 valence electrons. The maximum absolute atomic E-state index is 12.5. The topological polar surface area (TPSA) is 111 Å². The molecule has 0 N–H and O–H groups in total. The molecule has 0 aromatic heterocycles. The molecule has 0 heterocycles. The monoisotopic (exact) mass is 641 g/mol. The highest BCUT2D eigenvalue weighted by atomic mass is 31.2. The summed E-state index contributed by atoms with van der Waals surface area (Å²) in [5, 5.41) is 0. The number of rotatable bonds is 28. The Morgan fingerprint density at radius 2 is 1.30 bits per heavy atom. The van der Waals surface area contributed by atoms with Crippen LogP contribution in [0.5, 0.6) is 0 Å². The second kappa shape index (κ2) is 27.3. The third kappa shape index (κ3) is 30.0. The van der Waals surface area contributed by atoms with Gasteiger partial charge in [0.2, 0.25) is 0 Å². The lowest BCUT2D eigenvalue weighted by Gasteiger charge is -2.28. The fraction of sp³-hybridized carbons (Fsp3) is 0.706. The average Bonchev–Trinajstić information content (AvgIpc) is 2.95. The van der Waals surface area contributed by atoms with Crippen molar-refractivity contribution in [2.24, 2.45) is 0 Å². The lowest BCUT2D eigenvalue weighted by Crippen LogP contribution is -2.37. The van der Waals surface area contributed by atoms with Gasteiger partial charge < -0.3 is 27.9 Å². The van der Waals surface area contributed by atoms with Gasteiger partial charge in [0.05, 0.1) is 27.7 Å². The van der Waals surface area contributed by atoms with E-state index in [1.807, 2.05) is 33.3 Å². The SMILES string of the molecule is CC/C=C\C/C=C\C/C=C\C/C=C\CCC(=O)OC(COC(=O)CCCCCCCCC)COP(=O)([O-])OCC[N+](C)(C)C. The molecule has 0 aromatic carbocycles. The number of carbonyl (C=O) groups excluding carboxylic acids is 2. The summed E-state index contributed by atoms with van der Waals surface area (Å²) < 4.78 is 33.4. The molecule has 0 aliphatic carbocycles. The molecule has 0 spiro atoms. The second-order valence-corrected chi connectivity index (χ2v) is 13.2. The maximum atomic E-state index is 12.5. The third-order valence-electron chi connectivity index (χ3n) is 6.38. The van der Waals surface area contributed by atoms with Gasteiger partial charge >= 0.3 is 11.9 Å². The molecule has 0 radical (unpaired) electrons. The van der Waals surface area contributed by atoms with E-state index < -0.39 is 32.5 Å². The van der Waals surface area contributed by atoms with Crippen LogP contribution in [-0.4, -0.2) is 70.0 Å². The van der Waals surface area contributed by atoms with Crippen LogP contribution in [-0.2, 0) is 32.7 Å². The van der Waals surface area contributed by atoms with Crippen molar-refractivity contribution in [2.75, 3.05) is 47.5 Å². The Morgan fingerprint density at radius 1 is 0.727 bits per heavy atom. The van der Waals surface area contributed by atoms with Crippen LogP contribution in [0.4, 0.5) is 0 Å². The van der Waals surface area contributed by atoms with Crippen LogP contribution in [0.25, 0.3) is 0 Å². The molecule has 0 bridgehead atoms. The van der Waals surface area contributed by atoms with Crippen molar-refractivity contribution >= 4 is 19.8 Å². The summed E-state index contributed by atoms with van der Waals surface area (Å²) in [5.74, 6) is -0.945. The average molecular weight is 642 g/mol. The first-order valence-corrected chi connectivity index (χ1v) is 17.8. The third-order valence-corrected chi connectivity index (χ3v) is 7.34. The van der Waals surface area contributed by atoms with Crippen molar-refractivity contribution in [1.29, 1.82) is 0 Å². The van der Waals surface area contributed by atoms with E-state index >= 15 is 0 Å². The number of nitrogens with zero attached hydrogens (tertiary/aromatic N) is 1. The smallest absolute Gasteiger partial charge is 0.306 e. The minimum Gasteiger partial charge on any atom is -0.756 e. The highest BCUT2D eigenvalue weighted by Gasteiger charge is 2.21. The van der Waals surface area contributed by atoms with Crippen molar-refractivity contribution < 1.29 is 42.1 Å². The Morgan fingerprint density at radius 3 is 1.89 bits per heavy atom. The van der Waals surface area contributed by atoms with Crippen LogP contribution in [0, 0.1) is 0 Å². The van der Waals surface area contributed by atoms with Crippen molar-refractivity contribution in [1.82, 2.24) is 0 Å². The van der Waals surface area contributed by atoms with Gasteiger partial charge in [0.1, 0.15) is 19.8 Å². The summed E-state index contributed by atoms with van der Waals surface area (Å²) in [7, 11) is 1.11. The van der Waals surface area contributed by atoms with Crippen molar-refractivity contribution in [3.8, 4) is 0 Å². The Labute approximate surface area is 267 Å². The number of unbranched alkanes of at least 4 members (excludes halogenated alkanes) is 6. The molecule has 10 heteroatoms. The number of carbonyl (C=O) groups is 2. The molecular weight excluding hydrogens is 581 g/mol. The number of hydrogen-bond donors (Lipinski definition) is 0. The first kappa shape index (κ1) is 42.0. The van der Waals surface area contributed by atoms with Gasteiger partial charge in [-0.3, -0.25) is 14.2 Å². The second-order valence-electron chi connectivity index (χ2n) is 11.8. The minimum atomic E-state index is -4.62. The first-order valence-electron chi connectivity index (χ1n) is 16.3. The van der Waals surface area contributed by atoms with Crippen LogP contribution in [0.15, 0.2) is 48.6 Å². The quantitative estimate of drug-likeness (QED) is 0.0286. The maximum Gasteiger partial charge on any atom is 0.306 e. The largest absolute Gasteiger partial charge is 0.756 e. The van der Waals surface area contributed by atoms with Gasteiger partial charge in [0.25, 0.3) is 7.82 Å². The Balaban J connectivity index is 4.65. The fourth-order valence-electron chi connectivity index (χ4n) is 3.78. The molecule has 44 heavy (non-hydrogen) atoms. The lowest BCUT2D eigenvalue weighted by molar-refractivity contribution is -0.870. The number of allylic oxidation sites excluding steroid dienone is 8. The Hall–Kier alpha value is -2.03. The van der Waals surface area contributed by atoms with Crippen molar-refractivity contribution in [3.63, 3.8) is 0 Å². The number of phosphoric ester groups is 1. The molecule has 0 saturated heterocycles. The molecule has 0 aliphatic heterocycles. The van der Waals surface area contributed by atoms with Crippen LogP contribution in [0.1, 0.15) is 104 Å². The van der Waals surface area contributed by atoms with Gasteiger partial charge in [0, 0.05) is 12.8 Å². The van der Waals surface area contributed by atoms with E-state index in [-0.39, 0.29) is 26.1 Å². The van der Waals surface area contributed by atoms with E-state index in [4.69, 9.17) is 18.5 Å². The van der Waals surface area contributed by atoms with Gasteiger partial charge in [-0.1, -0.05) is 101 Å². The van der Waals surface area contributed by atoms with Crippen LogP contribution < -0.4 is 4.89 Å². The standard InChI is InChI=1S/C34H60NO8P/c1-6-8-10-12-14-15-16-17-18-19-21-23-25-27-34(37)43-32(31-42-44(38,39)41-29-28-35(3,4)5)30-40-33(36)26-24-22-20-13-11-9-7-2/h8,10,14-15,17-18,21,23,32H,6-7,9,11-13,16,19-20,22,24-31H2,1-5H3/b10-8-,15-14-,18-17-,23-21-. The molecule has 0 aliphatic rings. The number of quaternary nitrogens is 1. The normalized spacial score (nSPS) is 14.6. The van der Waals surface area contributed by atoms with Crippen molar-refractivity contribution in [3.05, 3.63) is 48.6 Å². The zero-order chi connectivity index (χ0) is 32.9. The number of esters is 2. The van der Waals surface area contributed by atoms with Crippen LogP contribution in [0.2, 0.25) is 0 Å². The summed E-state index contributed by atoms with van der Waals surface area (Å²) in [6, 6.07) is 0. The summed E-state index contributed by atoms with van der Waals surface area (Å²) >= 11 is 0. The van der Waals surface area contributed by atoms with E-state index in [9.17, 15) is 19.0 Å². The minimum absolute atomic E-state index is 0.0446. The summed E-state index contributed by atoms with van der Waals surface area (Å²) in [6.45, 7) is 3.92. The number of likely N-dealkylation sites (N-methyl/N-ethyl adjacent to an activating group) is 1. The van der Waals surface area contributed by atoms with E-state index in [1.165, 1.54) is 19.3 Å². The molecule has 0 aromatic rings. The van der Waals surface area contributed by atoms with Gasteiger partial charge in [-0.15, -0.1) is 0 Å². The Bertz CT molecular complexity index is 907. The highest BCUT2D eigenvalue weighted by Crippen LogP contribution is 2.38. The zero-order valence-corrected chi connectivity index (χ0v) is 29.0. The van der Waals surface area contributed by atoms with E-state index in [1.54, 1.807) is 0 Å². The summed E-state index contributed by atoms with van der Waals surface area (Å²) in [5.41, 5.74) is 0. The predicted molar refractivity (Wildman–Crippen MR) is 176 cm³/mol. The molecule has 2 unspecified atom stereocenters. The van der Waals surface area contributed by atoms with Gasteiger partial charge in [-0.25, -0.2) is 0 Å². The van der Waals surface area contributed by atoms with Crippen LogP contribution in [0.3, 0.4) is 0 Å². The fourth-order valence-corrected chi connectivity index (χ4v) is 4.51. The molecular formula is C34H60NO8P. The lowest BCUT2D eigenvalue weighted by atomic mass is 10.1. The summed E-state index contributed by atoms with van der Waals surface area (Å²) in [4.78, 5) is 36.9. The molecule has 0 amide bonds. The van der Waals surface area contributed by atoms with E-state index in [2.05, 4.69) is 50.3 Å². The highest BCUT2D eigenvalue weighted by molar-refractivity contribution is 7.45. The molecule has 9 nitrogen and oxygen atoms in total. The first-order chi connectivity index (χ1) is 21.0. The Kier molecular flexibility index (Phi) is 26.0. The van der Waals surface area contributed by atoms with E-state index in [0.29, 0.717) is 17.4 Å². The summed E-state index contributed by atoms with van der Waals surface area (Å²) in [6.07, 6.45) is 27.6. The van der Waals surface area contributed by atoms with Gasteiger partial charge in [-0.2, -0.15) is 0 Å². The van der Waals surface area contributed by atoms with Crippen molar-refractivity contribution in [2.45, 2.75) is 110 Å². The number of hydrogen-bond acceptors (Lipinski definition) is 8.